The SMILES string of the molecule is CC(C)CC(Br)c1csc2ccccc12. The largest absolute Gasteiger partial charge is 0.143 e. The number of thiophene rings is 1. The molecule has 0 aliphatic rings. The van der Waals surface area contributed by atoms with Crippen molar-refractivity contribution < 1.29 is 0 Å². The molecule has 0 aliphatic heterocycles. The van der Waals surface area contributed by atoms with E-state index in [0.29, 0.717) is 4.83 Å². The molecular weight excluding hydrogens is 268 g/mol. The van der Waals surface area contributed by atoms with E-state index in [1.165, 1.54) is 22.1 Å². The number of halogens is 1. The van der Waals surface area contributed by atoms with Gasteiger partial charge in [0.05, 0.1) is 0 Å². The summed E-state index contributed by atoms with van der Waals surface area (Å²) in [6, 6.07) is 8.64. The first-order chi connectivity index (χ1) is 7.18. The number of fused-ring (bicyclic) bond motifs is 1. The van der Waals surface area contributed by atoms with E-state index < -0.39 is 0 Å². The summed E-state index contributed by atoms with van der Waals surface area (Å²) < 4.78 is 1.39. The maximum absolute atomic E-state index is 3.79. The van der Waals surface area contributed by atoms with Gasteiger partial charge in [-0.2, -0.15) is 0 Å². The van der Waals surface area contributed by atoms with Gasteiger partial charge < -0.3 is 0 Å². The summed E-state index contributed by atoms with van der Waals surface area (Å²) in [5, 5.41) is 3.69. The van der Waals surface area contributed by atoms with Crippen LogP contribution in [0, 0.1) is 5.92 Å². The van der Waals surface area contributed by atoms with Crippen molar-refractivity contribution in [2.75, 3.05) is 0 Å². The van der Waals surface area contributed by atoms with Crippen molar-refractivity contribution >= 4 is 37.4 Å². The van der Waals surface area contributed by atoms with Crippen molar-refractivity contribution in [3.05, 3.63) is 35.2 Å². The summed E-state index contributed by atoms with van der Waals surface area (Å²) in [7, 11) is 0. The number of hydrogen-bond donors (Lipinski definition) is 0. The molecule has 0 saturated heterocycles. The quantitative estimate of drug-likeness (QED) is 0.663. The molecule has 0 radical (unpaired) electrons. The second-order valence-electron chi connectivity index (χ2n) is 4.28. The molecule has 15 heavy (non-hydrogen) atoms. The summed E-state index contributed by atoms with van der Waals surface area (Å²) in [4.78, 5) is 0.494. The highest BCUT2D eigenvalue weighted by Crippen LogP contribution is 2.37. The van der Waals surface area contributed by atoms with E-state index in [1.807, 2.05) is 11.3 Å². The Morgan fingerprint density at radius 1 is 1.27 bits per heavy atom. The Bertz CT molecular complexity index is 444. The fourth-order valence-electron chi connectivity index (χ4n) is 1.78. The second-order valence-corrected chi connectivity index (χ2v) is 6.30. The Hall–Kier alpha value is -0.340. The first-order valence-corrected chi connectivity index (χ1v) is 7.08. The van der Waals surface area contributed by atoms with Gasteiger partial charge in [-0.05, 0) is 34.7 Å². The van der Waals surface area contributed by atoms with Gasteiger partial charge in [0, 0.05) is 9.53 Å². The zero-order chi connectivity index (χ0) is 10.8. The van der Waals surface area contributed by atoms with Gasteiger partial charge in [-0.3, -0.25) is 0 Å². The van der Waals surface area contributed by atoms with Gasteiger partial charge in [-0.25, -0.2) is 0 Å². The summed E-state index contributed by atoms with van der Waals surface area (Å²) in [5.41, 5.74) is 1.45. The molecule has 0 bridgehead atoms. The Labute approximate surface area is 103 Å². The van der Waals surface area contributed by atoms with Crippen molar-refractivity contribution in [2.45, 2.75) is 25.1 Å². The number of alkyl halides is 1. The van der Waals surface area contributed by atoms with Crippen LogP contribution in [0.25, 0.3) is 10.1 Å². The molecule has 1 aromatic heterocycles. The van der Waals surface area contributed by atoms with Crippen molar-refractivity contribution in [1.82, 2.24) is 0 Å². The lowest BCUT2D eigenvalue weighted by Crippen LogP contribution is -1.94. The molecule has 2 rings (SSSR count). The van der Waals surface area contributed by atoms with Crippen LogP contribution in [0.5, 0.6) is 0 Å². The Balaban J connectivity index is 2.35. The topological polar surface area (TPSA) is 0 Å². The van der Waals surface area contributed by atoms with Crippen LogP contribution in [0.2, 0.25) is 0 Å². The first-order valence-electron chi connectivity index (χ1n) is 5.28. The summed E-state index contributed by atoms with van der Waals surface area (Å²) in [6.07, 6.45) is 1.20. The average molecular weight is 283 g/mol. The molecule has 0 N–H and O–H groups in total. The van der Waals surface area contributed by atoms with Crippen LogP contribution in [0.15, 0.2) is 29.6 Å². The van der Waals surface area contributed by atoms with Gasteiger partial charge in [0.2, 0.25) is 0 Å². The molecule has 0 saturated carbocycles. The van der Waals surface area contributed by atoms with Gasteiger partial charge in [0.1, 0.15) is 0 Å². The van der Waals surface area contributed by atoms with E-state index in [9.17, 15) is 0 Å². The summed E-state index contributed by atoms with van der Waals surface area (Å²) in [6.45, 7) is 4.53. The lowest BCUT2D eigenvalue weighted by atomic mass is 10.0. The third-order valence-electron chi connectivity index (χ3n) is 2.53. The lowest BCUT2D eigenvalue weighted by Gasteiger charge is -2.11. The molecule has 2 aromatic rings. The van der Waals surface area contributed by atoms with Gasteiger partial charge in [0.25, 0.3) is 0 Å². The van der Waals surface area contributed by atoms with Crippen LogP contribution >= 0.6 is 27.3 Å². The maximum Gasteiger partial charge on any atom is 0.0412 e. The van der Waals surface area contributed by atoms with E-state index >= 15 is 0 Å². The number of hydrogen-bond acceptors (Lipinski definition) is 1. The minimum absolute atomic E-state index is 0.494. The van der Waals surface area contributed by atoms with Crippen LogP contribution in [0.4, 0.5) is 0 Å². The molecule has 1 unspecified atom stereocenters. The van der Waals surface area contributed by atoms with E-state index in [-0.39, 0.29) is 0 Å². The van der Waals surface area contributed by atoms with Crippen molar-refractivity contribution in [3.8, 4) is 0 Å². The molecule has 0 nitrogen and oxygen atoms in total. The van der Waals surface area contributed by atoms with Gasteiger partial charge >= 0.3 is 0 Å². The van der Waals surface area contributed by atoms with Crippen molar-refractivity contribution in [1.29, 1.82) is 0 Å². The van der Waals surface area contributed by atoms with Crippen LogP contribution in [-0.4, -0.2) is 0 Å². The third kappa shape index (κ3) is 2.43. The van der Waals surface area contributed by atoms with Gasteiger partial charge in [0.15, 0.2) is 0 Å². The fraction of sp³-hybridized carbons (Fsp3) is 0.385. The van der Waals surface area contributed by atoms with E-state index in [0.717, 1.165) is 5.92 Å². The monoisotopic (exact) mass is 282 g/mol. The Kier molecular flexibility index (Phi) is 3.47. The Morgan fingerprint density at radius 3 is 2.73 bits per heavy atom. The molecule has 1 heterocycles. The third-order valence-corrected chi connectivity index (χ3v) is 4.38. The average Bonchev–Trinajstić information content (AvgIpc) is 2.59. The molecular formula is C13H15BrS. The standard InChI is InChI=1S/C13H15BrS/c1-9(2)7-12(14)11-8-15-13-6-4-3-5-10(11)13/h3-6,8-9,12H,7H2,1-2H3. The summed E-state index contributed by atoms with van der Waals surface area (Å²) in [5.74, 6) is 0.730. The Morgan fingerprint density at radius 2 is 2.00 bits per heavy atom. The van der Waals surface area contributed by atoms with Crippen LogP contribution < -0.4 is 0 Å². The highest BCUT2D eigenvalue weighted by atomic mass is 79.9. The van der Waals surface area contributed by atoms with Crippen LogP contribution in [0.1, 0.15) is 30.7 Å². The minimum Gasteiger partial charge on any atom is -0.143 e. The molecule has 0 spiro atoms. The zero-order valence-corrected chi connectivity index (χ0v) is 11.4. The lowest BCUT2D eigenvalue weighted by molar-refractivity contribution is 0.585. The second kappa shape index (κ2) is 4.67. The van der Waals surface area contributed by atoms with E-state index in [1.54, 1.807) is 0 Å². The zero-order valence-electron chi connectivity index (χ0n) is 9.03. The minimum atomic E-state index is 0.494. The molecule has 0 aliphatic carbocycles. The number of rotatable bonds is 3. The summed E-state index contributed by atoms with van der Waals surface area (Å²) >= 11 is 5.63. The molecule has 0 amide bonds. The van der Waals surface area contributed by atoms with E-state index in [2.05, 4.69) is 59.4 Å². The molecule has 2 heteroatoms. The highest BCUT2D eigenvalue weighted by Gasteiger charge is 2.13. The molecule has 1 aromatic carbocycles. The predicted molar refractivity (Wildman–Crippen MR) is 72.9 cm³/mol. The maximum atomic E-state index is 3.79. The first kappa shape index (κ1) is 11.2. The van der Waals surface area contributed by atoms with Gasteiger partial charge in [-0.1, -0.05) is 48.0 Å². The fourth-order valence-corrected chi connectivity index (χ4v) is 4.10. The molecule has 80 valence electrons. The van der Waals surface area contributed by atoms with Crippen molar-refractivity contribution in [2.24, 2.45) is 5.92 Å². The number of benzene rings is 1. The molecule has 1 atom stereocenters. The van der Waals surface area contributed by atoms with Crippen LogP contribution in [0.3, 0.4) is 0 Å². The highest BCUT2D eigenvalue weighted by molar-refractivity contribution is 9.09. The molecule has 0 fully saturated rings. The van der Waals surface area contributed by atoms with Crippen LogP contribution in [-0.2, 0) is 0 Å². The van der Waals surface area contributed by atoms with Gasteiger partial charge in [-0.15, -0.1) is 11.3 Å². The smallest absolute Gasteiger partial charge is 0.0412 e. The van der Waals surface area contributed by atoms with Crippen molar-refractivity contribution in [3.63, 3.8) is 0 Å². The normalized spacial score (nSPS) is 13.6. The van der Waals surface area contributed by atoms with E-state index in [4.69, 9.17) is 0 Å². The predicted octanol–water partition coefficient (Wildman–Crippen LogP) is 5.38.